The minimum atomic E-state index is -1.02. The van der Waals surface area contributed by atoms with Crippen molar-refractivity contribution in [1.29, 1.82) is 0 Å². The standard InChI is InChI=1S/C20H28N2O4S/c1-12-8-9-16-14(10-12)11-17(27-16)19(24)26-13(2)18(23)22-20(25)21-15-6-4-3-5-7-15/h11-13,15H,3-10H2,1-2H3,(H2,21,22,23,25)/t12-,13+/m1/s1. The van der Waals surface area contributed by atoms with Crippen LogP contribution in [0.15, 0.2) is 6.07 Å². The molecule has 0 radical (unpaired) electrons. The fraction of sp³-hybridized carbons (Fsp3) is 0.650. The molecule has 1 aromatic rings. The highest BCUT2D eigenvalue weighted by atomic mass is 32.1. The molecule has 2 atom stereocenters. The van der Waals surface area contributed by atoms with Crippen LogP contribution in [0.2, 0.25) is 0 Å². The van der Waals surface area contributed by atoms with Crippen LogP contribution in [0.4, 0.5) is 4.79 Å². The zero-order valence-corrected chi connectivity index (χ0v) is 16.8. The highest BCUT2D eigenvalue weighted by Gasteiger charge is 2.25. The maximum atomic E-state index is 12.4. The number of carbonyl (C=O) groups excluding carboxylic acids is 3. The van der Waals surface area contributed by atoms with Crippen LogP contribution in [0.3, 0.4) is 0 Å². The summed E-state index contributed by atoms with van der Waals surface area (Å²) >= 11 is 1.45. The molecule has 1 heterocycles. The van der Waals surface area contributed by atoms with Gasteiger partial charge < -0.3 is 10.1 Å². The molecular formula is C20H28N2O4S. The Morgan fingerprint density at radius 3 is 2.67 bits per heavy atom. The van der Waals surface area contributed by atoms with Crippen LogP contribution in [0.1, 0.15) is 72.5 Å². The molecule has 0 aromatic carbocycles. The van der Waals surface area contributed by atoms with Gasteiger partial charge in [-0.05, 0) is 56.6 Å². The Balaban J connectivity index is 1.48. The van der Waals surface area contributed by atoms with Gasteiger partial charge in [0, 0.05) is 10.9 Å². The first kappa shape index (κ1) is 19.9. The number of amides is 3. The zero-order valence-electron chi connectivity index (χ0n) is 16.0. The van der Waals surface area contributed by atoms with Crippen molar-refractivity contribution >= 4 is 29.2 Å². The molecule has 7 heteroatoms. The third-order valence-corrected chi connectivity index (χ3v) is 6.58. The summed E-state index contributed by atoms with van der Waals surface area (Å²) in [6, 6.07) is 1.48. The molecule has 3 amide bonds. The van der Waals surface area contributed by atoms with Gasteiger partial charge in [-0.3, -0.25) is 10.1 Å². The molecular weight excluding hydrogens is 364 g/mol. The molecule has 0 bridgehead atoms. The number of thiophene rings is 1. The maximum absolute atomic E-state index is 12.4. The molecule has 2 N–H and O–H groups in total. The molecule has 148 valence electrons. The first-order valence-corrected chi connectivity index (χ1v) is 10.7. The Bertz CT molecular complexity index is 709. The molecule has 3 rings (SSSR count). The second-order valence-corrected chi connectivity index (χ2v) is 8.89. The van der Waals surface area contributed by atoms with E-state index < -0.39 is 24.0 Å². The van der Waals surface area contributed by atoms with E-state index in [1.807, 2.05) is 6.07 Å². The summed E-state index contributed by atoms with van der Waals surface area (Å²) < 4.78 is 5.27. The number of aryl methyl sites for hydroxylation is 1. The summed E-state index contributed by atoms with van der Waals surface area (Å²) in [5.41, 5.74) is 1.22. The van der Waals surface area contributed by atoms with Crippen LogP contribution < -0.4 is 10.6 Å². The van der Waals surface area contributed by atoms with Crippen LogP contribution in [0, 0.1) is 5.92 Å². The number of hydrogen-bond acceptors (Lipinski definition) is 5. The van der Waals surface area contributed by atoms with Gasteiger partial charge in [-0.2, -0.15) is 0 Å². The van der Waals surface area contributed by atoms with Gasteiger partial charge in [-0.25, -0.2) is 9.59 Å². The summed E-state index contributed by atoms with van der Waals surface area (Å²) in [6.45, 7) is 3.69. The number of esters is 1. The molecule has 27 heavy (non-hydrogen) atoms. The van der Waals surface area contributed by atoms with Gasteiger partial charge in [0.05, 0.1) is 0 Å². The van der Waals surface area contributed by atoms with Crippen molar-refractivity contribution < 1.29 is 19.1 Å². The Labute approximate surface area is 164 Å². The number of urea groups is 1. The van der Waals surface area contributed by atoms with Crippen molar-refractivity contribution in [2.45, 2.75) is 77.4 Å². The lowest BCUT2D eigenvalue weighted by Crippen LogP contribution is -2.48. The maximum Gasteiger partial charge on any atom is 0.349 e. The molecule has 2 aliphatic rings. The van der Waals surface area contributed by atoms with Gasteiger partial charge in [0.2, 0.25) is 0 Å². The summed E-state index contributed by atoms with van der Waals surface area (Å²) in [6.07, 6.45) is 7.34. The minimum Gasteiger partial charge on any atom is -0.448 e. The van der Waals surface area contributed by atoms with E-state index >= 15 is 0 Å². The van der Waals surface area contributed by atoms with E-state index in [0.717, 1.165) is 44.9 Å². The first-order chi connectivity index (χ1) is 12.9. The summed E-state index contributed by atoms with van der Waals surface area (Å²) in [4.78, 5) is 38.3. The second kappa shape index (κ2) is 8.87. The van der Waals surface area contributed by atoms with Crippen molar-refractivity contribution in [3.8, 4) is 0 Å². The molecule has 2 aliphatic carbocycles. The molecule has 0 unspecified atom stereocenters. The number of hydrogen-bond donors (Lipinski definition) is 2. The average Bonchev–Trinajstić information content (AvgIpc) is 3.05. The van der Waals surface area contributed by atoms with Crippen molar-refractivity contribution in [2.75, 3.05) is 0 Å². The molecule has 1 aromatic heterocycles. The van der Waals surface area contributed by atoms with E-state index in [2.05, 4.69) is 17.6 Å². The fourth-order valence-electron chi connectivity index (χ4n) is 3.76. The Hall–Kier alpha value is -1.89. The Morgan fingerprint density at radius 1 is 1.19 bits per heavy atom. The molecule has 1 saturated carbocycles. The SMILES string of the molecule is C[C@@H]1CCc2sc(C(=O)O[C@@H](C)C(=O)NC(=O)NC3CCCCC3)cc2C1. The predicted octanol–water partition coefficient (Wildman–Crippen LogP) is 3.58. The number of ether oxygens (including phenoxy) is 1. The molecule has 0 spiro atoms. The third kappa shape index (κ3) is 5.31. The van der Waals surface area contributed by atoms with E-state index in [-0.39, 0.29) is 6.04 Å². The van der Waals surface area contributed by atoms with Gasteiger partial charge in [0.1, 0.15) is 4.88 Å². The van der Waals surface area contributed by atoms with Crippen molar-refractivity contribution in [1.82, 2.24) is 10.6 Å². The van der Waals surface area contributed by atoms with Crippen LogP contribution in [0.25, 0.3) is 0 Å². The predicted molar refractivity (Wildman–Crippen MR) is 104 cm³/mol. The Morgan fingerprint density at radius 2 is 1.93 bits per heavy atom. The lowest BCUT2D eigenvalue weighted by molar-refractivity contribution is -0.127. The minimum absolute atomic E-state index is 0.115. The quantitative estimate of drug-likeness (QED) is 0.767. The van der Waals surface area contributed by atoms with Crippen LogP contribution in [-0.2, 0) is 22.4 Å². The Kier molecular flexibility index (Phi) is 6.52. The van der Waals surface area contributed by atoms with E-state index in [4.69, 9.17) is 4.74 Å². The number of rotatable bonds is 4. The van der Waals surface area contributed by atoms with E-state index in [0.29, 0.717) is 10.8 Å². The highest BCUT2D eigenvalue weighted by Crippen LogP contribution is 2.32. The lowest BCUT2D eigenvalue weighted by Gasteiger charge is -2.23. The van der Waals surface area contributed by atoms with Crippen molar-refractivity contribution in [2.24, 2.45) is 5.92 Å². The molecule has 6 nitrogen and oxygen atoms in total. The van der Waals surface area contributed by atoms with Gasteiger partial charge in [0.15, 0.2) is 6.10 Å². The van der Waals surface area contributed by atoms with E-state index in [1.165, 1.54) is 35.1 Å². The fourth-order valence-corrected chi connectivity index (χ4v) is 4.85. The van der Waals surface area contributed by atoms with Crippen LogP contribution in [0.5, 0.6) is 0 Å². The van der Waals surface area contributed by atoms with Gasteiger partial charge in [-0.1, -0.05) is 26.2 Å². The topological polar surface area (TPSA) is 84.5 Å². The van der Waals surface area contributed by atoms with Crippen LogP contribution in [-0.4, -0.2) is 30.1 Å². The highest BCUT2D eigenvalue weighted by molar-refractivity contribution is 7.14. The summed E-state index contributed by atoms with van der Waals surface area (Å²) in [7, 11) is 0. The third-order valence-electron chi connectivity index (χ3n) is 5.36. The lowest BCUT2D eigenvalue weighted by atomic mass is 9.90. The molecule has 1 fully saturated rings. The van der Waals surface area contributed by atoms with Crippen LogP contribution >= 0.6 is 11.3 Å². The van der Waals surface area contributed by atoms with Crippen molar-refractivity contribution in [3.05, 3.63) is 21.4 Å². The van der Waals surface area contributed by atoms with Gasteiger partial charge in [0.25, 0.3) is 5.91 Å². The number of imide groups is 1. The number of fused-ring (bicyclic) bond motifs is 1. The summed E-state index contributed by atoms with van der Waals surface area (Å²) in [5, 5.41) is 5.09. The smallest absolute Gasteiger partial charge is 0.349 e. The molecule has 0 saturated heterocycles. The average molecular weight is 393 g/mol. The first-order valence-electron chi connectivity index (χ1n) is 9.86. The number of carbonyl (C=O) groups is 3. The van der Waals surface area contributed by atoms with E-state index in [9.17, 15) is 14.4 Å². The van der Waals surface area contributed by atoms with Gasteiger partial charge >= 0.3 is 12.0 Å². The van der Waals surface area contributed by atoms with Crippen molar-refractivity contribution in [3.63, 3.8) is 0 Å². The number of nitrogens with one attached hydrogen (secondary N) is 2. The summed E-state index contributed by atoms with van der Waals surface area (Å²) in [5.74, 6) is -0.479. The van der Waals surface area contributed by atoms with Gasteiger partial charge in [-0.15, -0.1) is 11.3 Å². The van der Waals surface area contributed by atoms with E-state index in [1.54, 1.807) is 0 Å². The zero-order chi connectivity index (χ0) is 19.4. The monoisotopic (exact) mass is 392 g/mol. The largest absolute Gasteiger partial charge is 0.448 e. The molecule has 0 aliphatic heterocycles. The second-order valence-electron chi connectivity index (χ2n) is 7.75. The normalized spacial score (nSPS) is 21.0.